The molecule has 1 unspecified atom stereocenters. The summed E-state index contributed by atoms with van der Waals surface area (Å²) in [7, 11) is 1.24. The number of aromatic nitrogens is 2. The number of hydrogen-bond donors (Lipinski definition) is 3. The standard InChI is InChI=1S/C21H22ClF4N3O2/c1-19(2,13-5-4-6-15(23)18(13)31-3)10-20(30,21(24,25)26)11-27-17-12-9-28-29-16(12)8-7-14(17)22/h4-9,27,30H,10-11H2,1-3H3,(H,28,29). The topological polar surface area (TPSA) is 70.2 Å². The SMILES string of the molecule is COc1c(F)cccc1C(C)(C)CC(O)(CNc1c(Cl)ccc2[nH]ncc12)C(F)(F)F. The van der Waals surface area contributed by atoms with Gasteiger partial charge in [0, 0.05) is 10.9 Å². The molecule has 1 atom stereocenters. The summed E-state index contributed by atoms with van der Waals surface area (Å²) in [6.07, 6.45) is -4.30. The highest BCUT2D eigenvalue weighted by molar-refractivity contribution is 6.34. The number of aliphatic hydroxyl groups is 1. The molecule has 31 heavy (non-hydrogen) atoms. The predicted octanol–water partition coefficient (Wildman–Crippen LogP) is 5.44. The smallest absolute Gasteiger partial charge is 0.418 e. The molecule has 3 rings (SSSR count). The summed E-state index contributed by atoms with van der Waals surface area (Å²) < 4.78 is 61.3. The Morgan fingerprint density at radius 1 is 1.19 bits per heavy atom. The van der Waals surface area contributed by atoms with Crippen LogP contribution in [0.15, 0.2) is 36.5 Å². The number of aromatic amines is 1. The Balaban J connectivity index is 1.95. The lowest BCUT2D eigenvalue weighted by Gasteiger charge is -2.38. The van der Waals surface area contributed by atoms with Gasteiger partial charge in [0.05, 0.1) is 36.1 Å². The van der Waals surface area contributed by atoms with Crippen LogP contribution in [0.1, 0.15) is 25.8 Å². The van der Waals surface area contributed by atoms with Gasteiger partial charge in [0.25, 0.3) is 0 Å². The molecule has 168 valence electrons. The number of H-pyrrole nitrogens is 1. The summed E-state index contributed by atoms with van der Waals surface area (Å²) in [6.45, 7) is 2.11. The first kappa shape index (κ1) is 23.1. The number of nitrogens with zero attached hydrogens (tertiary/aromatic N) is 1. The molecular formula is C21H22ClF4N3O2. The number of hydrogen-bond acceptors (Lipinski definition) is 4. The minimum absolute atomic E-state index is 0.156. The molecule has 0 bridgehead atoms. The Morgan fingerprint density at radius 3 is 2.55 bits per heavy atom. The number of anilines is 1. The zero-order valence-electron chi connectivity index (χ0n) is 17.1. The molecule has 0 radical (unpaired) electrons. The number of methoxy groups -OCH3 is 1. The zero-order chi connectivity index (χ0) is 23.0. The number of rotatable bonds is 7. The van der Waals surface area contributed by atoms with Crippen LogP contribution in [0, 0.1) is 5.82 Å². The first-order valence-electron chi connectivity index (χ1n) is 9.37. The van der Waals surface area contributed by atoms with E-state index in [0.717, 1.165) is 6.07 Å². The van der Waals surface area contributed by atoms with Crippen LogP contribution in [0.5, 0.6) is 5.75 Å². The van der Waals surface area contributed by atoms with Crippen molar-refractivity contribution in [2.45, 2.75) is 37.5 Å². The van der Waals surface area contributed by atoms with Crippen molar-refractivity contribution in [3.63, 3.8) is 0 Å². The number of ether oxygens (including phenoxy) is 1. The van der Waals surface area contributed by atoms with E-state index >= 15 is 0 Å². The minimum atomic E-state index is -4.98. The largest absolute Gasteiger partial charge is 0.493 e. The summed E-state index contributed by atoms with van der Waals surface area (Å²) in [4.78, 5) is 0. The van der Waals surface area contributed by atoms with Gasteiger partial charge in [0.1, 0.15) is 0 Å². The van der Waals surface area contributed by atoms with E-state index in [1.165, 1.54) is 45.4 Å². The minimum Gasteiger partial charge on any atom is -0.493 e. The van der Waals surface area contributed by atoms with Gasteiger partial charge in [0.2, 0.25) is 0 Å². The van der Waals surface area contributed by atoms with E-state index in [1.807, 2.05) is 0 Å². The molecule has 1 aromatic heterocycles. The Hall–Kier alpha value is -2.52. The summed E-state index contributed by atoms with van der Waals surface area (Å²) in [5.74, 6) is -0.851. The first-order chi connectivity index (χ1) is 14.4. The van der Waals surface area contributed by atoms with Gasteiger partial charge in [-0.2, -0.15) is 18.3 Å². The molecule has 0 aliphatic carbocycles. The van der Waals surface area contributed by atoms with Gasteiger partial charge in [-0.25, -0.2) is 4.39 Å². The fourth-order valence-corrected chi connectivity index (χ4v) is 3.98. The lowest BCUT2D eigenvalue weighted by atomic mass is 9.74. The number of para-hydroxylation sites is 1. The van der Waals surface area contributed by atoms with E-state index < -0.39 is 36.0 Å². The Bertz CT molecular complexity index is 1080. The summed E-state index contributed by atoms with van der Waals surface area (Å²) in [5, 5.41) is 20.6. The van der Waals surface area contributed by atoms with Crippen molar-refractivity contribution >= 4 is 28.2 Å². The van der Waals surface area contributed by atoms with Crippen LogP contribution in [0.25, 0.3) is 10.9 Å². The Morgan fingerprint density at radius 2 is 1.90 bits per heavy atom. The second kappa shape index (κ2) is 8.20. The molecule has 0 saturated heterocycles. The quantitative estimate of drug-likeness (QED) is 0.412. The van der Waals surface area contributed by atoms with Crippen molar-refractivity contribution in [1.29, 1.82) is 0 Å². The maximum atomic E-state index is 14.1. The maximum absolute atomic E-state index is 14.1. The average Bonchev–Trinajstić information content (AvgIpc) is 3.14. The number of alkyl halides is 3. The first-order valence-corrected chi connectivity index (χ1v) is 9.75. The van der Waals surface area contributed by atoms with Crippen LogP contribution in [0.2, 0.25) is 5.02 Å². The third-order valence-corrected chi connectivity index (χ3v) is 5.61. The maximum Gasteiger partial charge on any atom is 0.418 e. The second-order valence-corrected chi connectivity index (χ2v) is 8.43. The molecule has 0 aliphatic heterocycles. The van der Waals surface area contributed by atoms with Crippen LogP contribution >= 0.6 is 11.6 Å². The highest BCUT2D eigenvalue weighted by Crippen LogP contribution is 2.44. The molecule has 1 heterocycles. The van der Waals surface area contributed by atoms with Gasteiger partial charge in [-0.15, -0.1) is 0 Å². The highest BCUT2D eigenvalue weighted by atomic mass is 35.5. The van der Waals surface area contributed by atoms with Crippen molar-refractivity contribution in [3.05, 3.63) is 52.9 Å². The van der Waals surface area contributed by atoms with Gasteiger partial charge in [-0.1, -0.05) is 37.6 Å². The molecule has 0 saturated carbocycles. The summed E-state index contributed by atoms with van der Waals surface area (Å²) >= 11 is 6.16. The average molecular weight is 460 g/mol. The van der Waals surface area contributed by atoms with Crippen LogP contribution in [-0.2, 0) is 5.41 Å². The lowest BCUT2D eigenvalue weighted by Crippen LogP contribution is -2.53. The Labute approximate surface area is 181 Å². The molecule has 0 fully saturated rings. The molecule has 10 heteroatoms. The Kier molecular flexibility index (Phi) is 6.12. The lowest BCUT2D eigenvalue weighted by molar-refractivity contribution is -0.260. The molecule has 3 N–H and O–H groups in total. The van der Waals surface area contributed by atoms with Crippen molar-refractivity contribution in [3.8, 4) is 5.75 Å². The molecule has 0 spiro atoms. The van der Waals surface area contributed by atoms with Crippen molar-refractivity contribution in [2.75, 3.05) is 19.0 Å². The third kappa shape index (κ3) is 4.43. The molecule has 3 aromatic rings. The van der Waals surface area contributed by atoms with Crippen LogP contribution < -0.4 is 10.1 Å². The number of nitrogens with one attached hydrogen (secondary N) is 2. The predicted molar refractivity (Wildman–Crippen MR) is 111 cm³/mol. The molecule has 0 aliphatic rings. The van der Waals surface area contributed by atoms with E-state index in [4.69, 9.17) is 16.3 Å². The van der Waals surface area contributed by atoms with E-state index in [1.54, 1.807) is 6.07 Å². The monoisotopic (exact) mass is 459 g/mol. The molecule has 2 aromatic carbocycles. The van der Waals surface area contributed by atoms with Crippen molar-refractivity contribution < 1.29 is 27.4 Å². The van der Waals surface area contributed by atoms with E-state index in [-0.39, 0.29) is 22.0 Å². The number of halogens is 5. The fourth-order valence-electron chi connectivity index (χ4n) is 3.74. The van der Waals surface area contributed by atoms with E-state index in [0.29, 0.717) is 10.9 Å². The van der Waals surface area contributed by atoms with Crippen molar-refractivity contribution in [1.82, 2.24) is 10.2 Å². The van der Waals surface area contributed by atoms with Crippen LogP contribution in [0.4, 0.5) is 23.2 Å². The summed E-state index contributed by atoms with van der Waals surface area (Å²) in [6, 6.07) is 7.18. The van der Waals surface area contributed by atoms with Crippen LogP contribution in [-0.4, -0.2) is 40.7 Å². The van der Waals surface area contributed by atoms with Crippen LogP contribution in [0.3, 0.4) is 0 Å². The number of fused-ring (bicyclic) bond motifs is 1. The number of benzene rings is 2. The third-order valence-electron chi connectivity index (χ3n) is 5.29. The van der Waals surface area contributed by atoms with E-state index in [2.05, 4.69) is 15.5 Å². The van der Waals surface area contributed by atoms with Gasteiger partial charge in [0.15, 0.2) is 17.2 Å². The molecular weight excluding hydrogens is 438 g/mol. The van der Waals surface area contributed by atoms with Gasteiger partial charge in [-0.3, -0.25) is 5.10 Å². The highest BCUT2D eigenvalue weighted by Gasteiger charge is 2.56. The zero-order valence-corrected chi connectivity index (χ0v) is 17.8. The summed E-state index contributed by atoms with van der Waals surface area (Å²) in [5.41, 5.74) is -3.43. The normalized spacial score (nSPS) is 14.5. The van der Waals surface area contributed by atoms with Gasteiger partial charge < -0.3 is 15.2 Å². The molecule has 5 nitrogen and oxygen atoms in total. The second-order valence-electron chi connectivity index (χ2n) is 8.02. The van der Waals surface area contributed by atoms with Gasteiger partial charge in [-0.05, 0) is 30.0 Å². The van der Waals surface area contributed by atoms with Crippen molar-refractivity contribution in [2.24, 2.45) is 0 Å². The molecule has 0 amide bonds. The van der Waals surface area contributed by atoms with E-state index in [9.17, 15) is 22.7 Å². The van der Waals surface area contributed by atoms with Gasteiger partial charge >= 0.3 is 6.18 Å². The fraction of sp³-hybridized carbons (Fsp3) is 0.381.